The van der Waals surface area contributed by atoms with Crippen LogP contribution in [0.4, 0.5) is 0 Å². The fourth-order valence-electron chi connectivity index (χ4n) is 1.81. The van der Waals surface area contributed by atoms with Crippen LogP contribution in [0.2, 0.25) is 0 Å². The highest BCUT2D eigenvalue weighted by atomic mass is 16.2. The van der Waals surface area contributed by atoms with Crippen LogP contribution in [0.5, 0.6) is 0 Å². The van der Waals surface area contributed by atoms with Gasteiger partial charge in [-0.25, -0.2) is 0 Å². The minimum atomic E-state index is -0.252. The average Bonchev–Trinajstić information content (AvgIpc) is 2.95. The van der Waals surface area contributed by atoms with Crippen molar-refractivity contribution in [3.63, 3.8) is 0 Å². The van der Waals surface area contributed by atoms with E-state index in [0.29, 0.717) is 12.5 Å². The highest BCUT2D eigenvalue weighted by Crippen LogP contribution is 2.22. The fraction of sp³-hybridized carbons (Fsp3) is 0.900. The highest BCUT2D eigenvalue weighted by molar-refractivity contribution is 5.87. The van der Waals surface area contributed by atoms with Gasteiger partial charge in [0.25, 0.3) is 0 Å². The lowest BCUT2D eigenvalue weighted by Crippen LogP contribution is -2.43. The van der Waals surface area contributed by atoms with Crippen molar-refractivity contribution in [1.29, 1.82) is 0 Å². The SMILES string of the molecule is C.C.C.CC.CC.CC.CCN.CNC(=O)[C@@H]1C[C@H](C)CN1C(C)=O. The molecule has 1 aliphatic heterocycles. The number of hydrogen-bond acceptors (Lipinski definition) is 3. The number of likely N-dealkylation sites (N-methyl/N-ethyl adjacent to an activating group) is 1. The van der Waals surface area contributed by atoms with Crippen LogP contribution in [-0.2, 0) is 9.59 Å². The molecule has 1 fully saturated rings. The number of amides is 2. The summed E-state index contributed by atoms with van der Waals surface area (Å²) in [5.41, 5.74) is 4.85. The van der Waals surface area contributed by atoms with Gasteiger partial charge in [-0.1, -0.05) is 77.7 Å². The summed E-state index contributed by atoms with van der Waals surface area (Å²) in [5, 5.41) is 2.58. The van der Waals surface area contributed by atoms with Gasteiger partial charge in [-0.2, -0.15) is 0 Å². The van der Waals surface area contributed by atoms with E-state index in [4.69, 9.17) is 5.73 Å². The molecule has 160 valence electrons. The number of nitrogens with two attached hydrogens (primary N) is 1. The molecule has 0 radical (unpaired) electrons. The smallest absolute Gasteiger partial charge is 0.242 e. The number of hydrogen-bond donors (Lipinski definition) is 2. The Morgan fingerprint density at radius 3 is 1.60 bits per heavy atom. The summed E-state index contributed by atoms with van der Waals surface area (Å²) in [6.07, 6.45) is 0.777. The Kier molecular flexibility index (Phi) is 60.2. The van der Waals surface area contributed by atoms with Gasteiger partial charge >= 0.3 is 0 Å². The maximum Gasteiger partial charge on any atom is 0.242 e. The molecule has 0 spiro atoms. The molecule has 1 aliphatic rings. The van der Waals surface area contributed by atoms with Gasteiger partial charge in [-0.15, -0.1) is 0 Å². The Labute approximate surface area is 161 Å². The van der Waals surface area contributed by atoms with Crippen molar-refractivity contribution in [3.8, 4) is 0 Å². The summed E-state index contributed by atoms with van der Waals surface area (Å²) >= 11 is 0. The Bertz CT molecular complexity index is 247. The normalized spacial score (nSPS) is 15.7. The van der Waals surface area contributed by atoms with E-state index in [-0.39, 0.29) is 40.1 Å². The standard InChI is InChI=1S/C9H16N2O2.C2H7N.3C2H6.3CH4/c1-6-4-8(9(13)10-3)11(5-6)7(2)12;1-2-3;3*1-2;;;/h6,8H,4-5H2,1-3H3,(H,10,13);2-3H2,1H3;3*1-2H3;3*1H4/t6-,8-;;;;;;;/m0......./s1. The summed E-state index contributed by atoms with van der Waals surface area (Å²) in [5.74, 6) is 0.351. The molecule has 0 aromatic heterocycles. The lowest BCUT2D eigenvalue weighted by molar-refractivity contribution is -0.136. The Morgan fingerprint density at radius 2 is 1.36 bits per heavy atom. The van der Waals surface area contributed by atoms with E-state index in [1.165, 1.54) is 6.92 Å². The number of likely N-dealkylation sites (tertiary alicyclic amines) is 1. The molecule has 0 bridgehead atoms. The number of nitrogens with zero attached hydrogens (tertiary/aromatic N) is 1. The molecule has 0 saturated carbocycles. The average molecular weight is 368 g/mol. The first-order chi connectivity index (χ1) is 10.5. The molecule has 1 heterocycles. The Balaban J connectivity index is -0.0000000470. The largest absolute Gasteiger partial charge is 0.357 e. The summed E-state index contributed by atoms with van der Waals surface area (Å²) < 4.78 is 0. The maximum atomic E-state index is 11.4. The van der Waals surface area contributed by atoms with Crippen LogP contribution >= 0.6 is 0 Å². The van der Waals surface area contributed by atoms with Gasteiger partial charge in [-0.3, -0.25) is 9.59 Å². The third-order valence-corrected chi connectivity index (χ3v) is 2.46. The van der Waals surface area contributed by atoms with Crippen LogP contribution in [-0.4, -0.2) is 42.9 Å². The molecule has 1 saturated heterocycles. The van der Waals surface area contributed by atoms with Gasteiger partial charge < -0.3 is 16.0 Å². The number of carbonyl (C=O) groups is 2. The van der Waals surface area contributed by atoms with E-state index in [0.717, 1.165) is 13.0 Å². The molecule has 0 aromatic rings. The second-order valence-electron chi connectivity index (χ2n) is 4.05. The van der Waals surface area contributed by atoms with Crippen molar-refractivity contribution in [1.82, 2.24) is 10.2 Å². The van der Waals surface area contributed by atoms with Crippen LogP contribution in [0.1, 0.15) is 91.0 Å². The third-order valence-electron chi connectivity index (χ3n) is 2.46. The summed E-state index contributed by atoms with van der Waals surface area (Å²) in [7, 11) is 1.60. The fourth-order valence-corrected chi connectivity index (χ4v) is 1.81. The predicted molar refractivity (Wildman–Crippen MR) is 118 cm³/mol. The zero-order valence-corrected chi connectivity index (χ0v) is 16.6. The van der Waals surface area contributed by atoms with E-state index in [9.17, 15) is 9.59 Å². The second kappa shape index (κ2) is 34.3. The molecule has 1 rings (SSSR count). The zero-order valence-electron chi connectivity index (χ0n) is 16.6. The van der Waals surface area contributed by atoms with Crippen LogP contribution in [0.25, 0.3) is 0 Å². The second-order valence-corrected chi connectivity index (χ2v) is 4.05. The topological polar surface area (TPSA) is 75.4 Å². The lowest BCUT2D eigenvalue weighted by atomic mass is 10.1. The summed E-state index contributed by atoms with van der Waals surface area (Å²) in [4.78, 5) is 24.2. The van der Waals surface area contributed by atoms with Gasteiger partial charge in [0, 0.05) is 20.5 Å². The van der Waals surface area contributed by atoms with Crippen molar-refractivity contribution < 1.29 is 9.59 Å². The van der Waals surface area contributed by atoms with E-state index in [1.807, 2.05) is 48.5 Å². The molecule has 5 heteroatoms. The molecule has 0 unspecified atom stereocenters. The Morgan fingerprint density at radius 1 is 1.04 bits per heavy atom. The minimum absolute atomic E-state index is 0. The van der Waals surface area contributed by atoms with E-state index in [2.05, 4.69) is 12.2 Å². The first-order valence-electron chi connectivity index (χ1n) is 8.66. The monoisotopic (exact) mass is 367 g/mol. The Hall–Kier alpha value is -1.10. The van der Waals surface area contributed by atoms with E-state index >= 15 is 0 Å². The molecule has 3 N–H and O–H groups in total. The van der Waals surface area contributed by atoms with Crippen LogP contribution < -0.4 is 11.1 Å². The molecule has 5 nitrogen and oxygen atoms in total. The van der Waals surface area contributed by atoms with Crippen LogP contribution in [0.3, 0.4) is 0 Å². The summed E-state index contributed by atoms with van der Waals surface area (Å²) in [6, 6.07) is -0.252. The number of rotatable bonds is 1. The van der Waals surface area contributed by atoms with Crippen molar-refractivity contribution in [2.45, 2.75) is 97.1 Å². The highest BCUT2D eigenvalue weighted by Gasteiger charge is 2.35. The molecule has 25 heavy (non-hydrogen) atoms. The van der Waals surface area contributed by atoms with Crippen LogP contribution in [0.15, 0.2) is 0 Å². The van der Waals surface area contributed by atoms with Crippen LogP contribution in [0, 0.1) is 5.92 Å². The van der Waals surface area contributed by atoms with Crippen molar-refractivity contribution in [3.05, 3.63) is 0 Å². The van der Waals surface area contributed by atoms with Gasteiger partial charge in [0.1, 0.15) is 6.04 Å². The molecule has 0 aliphatic carbocycles. The van der Waals surface area contributed by atoms with Crippen molar-refractivity contribution in [2.75, 3.05) is 20.1 Å². The van der Waals surface area contributed by atoms with Gasteiger partial charge in [0.05, 0.1) is 0 Å². The first kappa shape index (κ1) is 43.9. The number of carbonyl (C=O) groups excluding carboxylic acids is 2. The minimum Gasteiger partial charge on any atom is -0.357 e. The van der Waals surface area contributed by atoms with Gasteiger partial charge in [0.15, 0.2) is 0 Å². The molecular formula is C20H53N3O2. The first-order valence-corrected chi connectivity index (χ1v) is 8.66. The van der Waals surface area contributed by atoms with Crippen molar-refractivity contribution in [2.24, 2.45) is 11.7 Å². The quantitative estimate of drug-likeness (QED) is 0.689. The molecule has 2 amide bonds. The molecule has 0 aromatic carbocycles. The maximum absolute atomic E-state index is 11.4. The predicted octanol–water partition coefficient (Wildman–Crippen LogP) is 4.94. The molecule has 2 atom stereocenters. The van der Waals surface area contributed by atoms with E-state index in [1.54, 1.807) is 11.9 Å². The van der Waals surface area contributed by atoms with E-state index < -0.39 is 0 Å². The third kappa shape index (κ3) is 22.9. The number of nitrogens with one attached hydrogen (secondary N) is 1. The lowest BCUT2D eigenvalue weighted by Gasteiger charge is -2.21. The summed E-state index contributed by atoms with van der Waals surface area (Å²) in [6.45, 7) is 18.9. The molecular weight excluding hydrogens is 314 g/mol. The van der Waals surface area contributed by atoms with Crippen molar-refractivity contribution >= 4 is 11.8 Å². The van der Waals surface area contributed by atoms with Gasteiger partial charge in [-0.05, 0) is 18.9 Å². The van der Waals surface area contributed by atoms with Gasteiger partial charge in [0.2, 0.25) is 11.8 Å². The zero-order chi connectivity index (χ0) is 18.7.